The lowest BCUT2D eigenvalue weighted by molar-refractivity contribution is 1.04. The van der Waals surface area contributed by atoms with E-state index in [2.05, 4.69) is 34.1 Å². The fourth-order valence-electron chi connectivity index (χ4n) is 1.32. The summed E-state index contributed by atoms with van der Waals surface area (Å²) in [6.07, 6.45) is 4.05. The van der Waals surface area contributed by atoms with Crippen LogP contribution in [0.25, 0.3) is 0 Å². The highest BCUT2D eigenvalue weighted by Gasteiger charge is 2.06. The van der Waals surface area contributed by atoms with Crippen molar-refractivity contribution >= 4 is 28.1 Å². The third-order valence-corrected chi connectivity index (χ3v) is 3.06. The molecule has 0 unspecified atom stereocenters. The summed E-state index contributed by atoms with van der Waals surface area (Å²) in [5.41, 5.74) is 6.58. The normalized spacial score (nSPS) is 10.4. The monoisotopic (exact) mass is 235 g/mol. The summed E-state index contributed by atoms with van der Waals surface area (Å²) in [5, 5.41) is 3.95. The van der Waals surface area contributed by atoms with E-state index < -0.39 is 0 Å². The fraction of sp³-hybridized carbons (Fsp3) is 0.300. The Hall–Kier alpha value is -1.69. The number of anilines is 3. The zero-order valence-electron chi connectivity index (χ0n) is 9.19. The van der Waals surface area contributed by atoms with Crippen LogP contribution in [0.3, 0.4) is 0 Å². The molecule has 0 aliphatic heterocycles. The smallest absolute Gasteiger partial charge is 0.188 e. The van der Waals surface area contributed by atoms with Crippen LogP contribution in [0.15, 0.2) is 12.4 Å². The second-order valence-corrected chi connectivity index (χ2v) is 4.53. The molecule has 2 heterocycles. The maximum Gasteiger partial charge on any atom is 0.188 e. The summed E-state index contributed by atoms with van der Waals surface area (Å²) < 4.78 is 0. The highest BCUT2D eigenvalue weighted by molar-refractivity contribution is 7.15. The maximum absolute atomic E-state index is 5.46. The molecule has 0 radical (unpaired) electrons. The number of hydrogen-bond donors (Lipinski definition) is 2. The van der Waals surface area contributed by atoms with Crippen molar-refractivity contribution < 1.29 is 0 Å². The fourth-order valence-corrected chi connectivity index (χ4v) is 2.23. The van der Waals surface area contributed by atoms with E-state index in [0.29, 0.717) is 11.6 Å². The number of aryl methyl sites for hydroxylation is 2. The zero-order chi connectivity index (χ0) is 11.5. The third-order valence-electron chi connectivity index (χ3n) is 2.13. The third kappa shape index (κ3) is 2.27. The van der Waals surface area contributed by atoms with Crippen LogP contribution in [0.1, 0.15) is 17.5 Å². The van der Waals surface area contributed by atoms with Gasteiger partial charge in [-0.25, -0.2) is 15.0 Å². The maximum atomic E-state index is 5.46. The van der Waals surface area contributed by atoms with Gasteiger partial charge in [0.25, 0.3) is 0 Å². The SMILES string of the molecule is CCc1nc(Nc2cnc(N)cn2)sc1C. The van der Waals surface area contributed by atoms with E-state index in [0.717, 1.165) is 17.2 Å². The van der Waals surface area contributed by atoms with Crippen LogP contribution in [0, 0.1) is 6.92 Å². The van der Waals surface area contributed by atoms with Gasteiger partial charge in [0.15, 0.2) is 10.9 Å². The molecule has 3 N–H and O–H groups in total. The first-order valence-corrected chi connectivity index (χ1v) is 5.81. The number of hydrogen-bond acceptors (Lipinski definition) is 6. The van der Waals surface area contributed by atoms with Gasteiger partial charge in [-0.15, -0.1) is 11.3 Å². The number of thiazole rings is 1. The van der Waals surface area contributed by atoms with Crippen molar-refractivity contribution in [3.63, 3.8) is 0 Å². The summed E-state index contributed by atoms with van der Waals surface area (Å²) in [4.78, 5) is 13.7. The van der Waals surface area contributed by atoms with Gasteiger partial charge in [0.1, 0.15) is 5.82 Å². The van der Waals surface area contributed by atoms with Gasteiger partial charge in [-0.3, -0.25) is 0 Å². The summed E-state index contributed by atoms with van der Waals surface area (Å²) in [6, 6.07) is 0. The van der Waals surface area contributed by atoms with Crippen LogP contribution in [0.4, 0.5) is 16.8 Å². The molecule has 0 bridgehead atoms. The molecule has 84 valence electrons. The van der Waals surface area contributed by atoms with Gasteiger partial charge >= 0.3 is 0 Å². The van der Waals surface area contributed by atoms with E-state index in [-0.39, 0.29) is 0 Å². The Morgan fingerprint density at radius 2 is 2.19 bits per heavy atom. The van der Waals surface area contributed by atoms with Crippen LogP contribution in [0.2, 0.25) is 0 Å². The molecule has 0 atom stereocenters. The second-order valence-electron chi connectivity index (χ2n) is 3.33. The Kier molecular flexibility index (Phi) is 3.00. The minimum absolute atomic E-state index is 0.412. The van der Waals surface area contributed by atoms with Crippen LogP contribution in [0.5, 0.6) is 0 Å². The summed E-state index contributed by atoms with van der Waals surface area (Å²) in [5.74, 6) is 1.07. The van der Waals surface area contributed by atoms with Gasteiger partial charge in [0.05, 0.1) is 18.1 Å². The van der Waals surface area contributed by atoms with E-state index >= 15 is 0 Å². The van der Waals surface area contributed by atoms with E-state index in [4.69, 9.17) is 5.73 Å². The van der Waals surface area contributed by atoms with Gasteiger partial charge in [-0.05, 0) is 13.3 Å². The van der Waals surface area contributed by atoms with Crippen LogP contribution >= 0.6 is 11.3 Å². The molecule has 0 aromatic carbocycles. The largest absolute Gasteiger partial charge is 0.382 e. The molecule has 0 aliphatic rings. The van der Waals surface area contributed by atoms with Gasteiger partial charge in [0.2, 0.25) is 0 Å². The van der Waals surface area contributed by atoms with E-state index in [1.807, 2.05) is 0 Å². The Bertz CT molecular complexity index is 476. The Morgan fingerprint density at radius 3 is 2.75 bits per heavy atom. The molecular formula is C10H13N5S. The van der Waals surface area contributed by atoms with E-state index in [9.17, 15) is 0 Å². The topological polar surface area (TPSA) is 76.7 Å². The zero-order valence-corrected chi connectivity index (χ0v) is 10.0. The molecule has 0 saturated carbocycles. The molecule has 6 heteroatoms. The van der Waals surface area contributed by atoms with Crippen molar-refractivity contribution in [2.24, 2.45) is 0 Å². The molecule has 2 aromatic rings. The summed E-state index contributed by atoms with van der Waals surface area (Å²) >= 11 is 1.62. The Balaban J connectivity index is 2.17. The van der Waals surface area contributed by atoms with Crippen molar-refractivity contribution in [3.05, 3.63) is 23.0 Å². The number of nitrogens with zero attached hydrogens (tertiary/aromatic N) is 3. The number of rotatable bonds is 3. The number of nitrogens with two attached hydrogens (primary N) is 1. The van der Waals surface area contributed by atoms with E-state index in [1.165, 1.54) is 11.1 Å². The lowest BCUT2D eigenvalue weighted by Crippen LogP contribution is -1.96. The first kappa shape index (κ1) is 10.8. The molecule has 0 aliphatic carbocycles. The first-order valence-electron chi connectivity index (χ1n) is 5.00. The summed E-state index contributed by atoms with van der Waals surface area (Å²) in [6.45, 7) is 4.16. The van der Waals surface area contributed by atoms with Crippen LogP contribution in [-0.2, 0) is 6.42 Å². The van der Waals surface area contributed by atoms with Crippen molar-refractivity contribution in [1.29, 1.82) is 0 Å². The van der Waals surface area contributed by atoms with E-state index in [1.54, 1.807) is 17.5 Å². The van der Waals surface area contributed by atoms with Crippen LogP contribution < -0.4 is 11.1 Å². The van der Waals surface area contributed by atoms with Crippen molar-refractivity contribution in [2.75, 3.05) is 11.1 Å². The van der Waals surface area contributed by atoms with Crippen molar-refractivity contribution in [2.45, 2.75) is 20.3 Å². The average molecular weight is 235 g/mol. The summed E-state index contributed by atoms with van der Waals surface area (Å²) in [7, 11) is 0. The molecule has 2 aromatic heterocycles. The average Bonchev–Trinajstić information content (AvgIpc) is 2.62. The van der Waals surface area contributed by atoms with Crippen molar-refractivity contribution in [1.82, 2.24) is 15.0 Å². The molecule has 0 saturated heterocycles. The first-order chi connectivity index (χ1) is 7.69. The Morgan fingerprint density at radius 1 is 1.38 bits per heavy atom. The predicted molar refractivity (Wildman–Crippen MR) is 66.0 cm³/mol. The van der Waals surface area contributed by atoms with Gasteiger partial charge in [0, 0.05) is 4.88 Å². The minimum Gasteiger partial charge on any atom is -0.382 e. The van der Waals surface area contributed by atoms with Crippen LogP contribution in [-0.4, -0.2) is 15.0 Å². The number of nitrogen functional groups attached to an aromatic ring is 1. The molecule has 0 amide bonds. The molecule has 0 spiro atoms. The highest BCUT2D eigenvalue weighted by atomic mass is 32.1. The quantitative estimate of drug-likeness (QED) is 0.852. The standard InChI is InChI=1S/C10H13N5S/c1-3-7-6(2)16-10(14-7)15-9-5-12-8(11)4-13-9/h4-5H,3H2,1-2H3,(H2,11,12)(H,13,14,15). The van der Waals surface area contributed by atoms with Gasteiger partial charge in [-0.2, -0.15) is 0 Å². The lowest BCUT2D eigenvalue weighted by Gasteiger charge is -2.00. The molecular weight excluding hydrogens is 222 g/mol. The Labute approximate surface area is 97.8 Å². The van der Waals surface area contributed by atoms with Gasteiger partial charge in [-0.1, -0.05) is 6.92 Å². The molecule has 5 nitrogen and oxygen atoms in total. The highest BCUT2D eigenvalue weighted by Crippen LogP contribution is 2.24. The number of nitrogens with one attached hydrogen (secondary N) is 1. The number of aromatic nitrogens is 3. The predicted octanol–water partition coefficient (Wildman–Crippen LogP) is 2.13. The lowest BCUT2D eigenvalue weighted by atomic mass is 10.3. The minimum atomic E-state index is 0.412. The van der Waals surface area contributed by atoms with Gasteiger partial charge < -0.3 is 11.1 Å². The van der Waals surface area contributed by atoms with Crippen molar-refractivity contribution in [3.8, 4) is 0 Å². The molecule has 2 rings (SSSR count). The second kappa shape index (κ2) is 4.44. The molecule has 16 heavy (non-hydrogen) atoms. The molecule has 0 fully saturated rings.